The molecule has 0 bridgehead atoms. The Morgan fingerprint density at radius 2 is 1.93 bits per heavy atom. The van der Waals surface area contributed by atoms with E-state index < -0.39 is 12.4 Å². The van der Waals surface area contributed by atoms with E-state index >= 15 is 0 Å². The van der Waals surface area contributed by atoms with Gasteiger partial charge in [-0.3, -0.25) is 5.73 Å². The van der Waals surface area contributed by atoms with Gasteiger partial charge in [-0.15, -0.1) is 0 Å². The zero-order valence-electron chi connectivity index (χ0n) is 8.91. The summed E-state index contributed by atoms with van der Waals surface area (Å²) in [6.07, 6.45) is 4.03. The third-order valence-electron chi connectivity index (χ3n) is 2.52. The first-order valence-corrected chi connectivity index (χ1v) is 5.17. The lowest BCUT2D eigenvalue weighted by molar-refractivity contribution is -0.0541. The van der Waals surface area contributed by atoms with Gasteiger partial charge in [0.1, 0.15) is 5.60 Å². The zero-order valence-corrected chi connectivity index (χ0v) is 8.91. The molecule has 0 aliphatic heterocycles. The zero-order chi connectivity index (χ0) is 10.6. The molecule has 4 heteroatoms. The van der Waals surface area contributed by atoms with Crippen molar-refractivity contribution in [2.75, 3.05) is 0 Å². The Labute approximate surface area is 84.7 Å². The van der Waals surface area contributed by atoms with E-state index in [1.807, 2.05) is 6.92 Å². The SMILES string of the molecule is CC(N)OC(=O)OC1(C)CCCCC1. The van der Waals surface area contributed by atoms with Gasteiger partial charge in [0.15, 0.2) is 6.23 Å². The lowest BCUT2D eigenvalue weighted by Gasteiger charge is -2.32. The van der Waals surface area contributed by atoms with Crippen molar-refractivity contribution in [3.63, 3.8) is 0 Å². The highest BCUT2D eigenvalue weighted by Crippen LogP contribution is 2.31. The van der Waals surface area contributed by atoms with E-state index in [4.69, 9.17) is 15.2 Å². The fourth-order valence-corrected chi connectivity index (χ4v) is 1.78. The van der Waals surface area contributed by atoms with Crippen LogP contribution in [-0.2, 0) is 9.47 Å². The molecular weight excluding hydrogens is 182 g/mol. The van der Waals surface area contributed by atoms with Gasteiger partial charge in [-0.1, -0.05) is 6.42 Å². The Balaban J connectivity index is 2.37. The molecule has 4 nitrogen and oxygen atoms in total. The minimum absolute atomic E-state index is 0.343. The maximum Gasteiger partial charge on any atom is 0.510 e. The number of rotatable bonds is 2. The Morgan fingerprint density at radius 3 is 2.43 bits per heavy atom. The molecule has 1 aliphatic rings. The van der Waals surface area contributed by atoms with E-state index in [9.17, 15) is 4.79 Å². The van der Waals surface area contributed by atoms with Gasteiger partial charge in [-0.05, 0) is 39.5 Å². The Kier molecular flexibility index (Phi) is 3.75. The van der Waals surface area contributed by atoms with Crippen molar-refractivity contribution in [3.8, 4) is 0 Å². The predicted molar refractivity (Wildman–Crippen MR) is 52.7 cm³/mol. The predicted octanol–water partition coefficient (Wildman–Crippen LogP) is 2.17. The second-order valence-corrected chi connectivity index (χ2v) is 4.19. The average molecular weight is 201 g/mol. The summed E-state index contributed by atoms with van der Waals surface area (Å²) in [5.74, 6) is 0. The summed E-state index contributed by atoms with van der Waals surface area (Å²) in [7, 11) is 0. The lowest BCUT2D eigenvalue weighted by atomic mass is 9.86. The van der Waals surface area contributed by atoms with Crippen LogP contribution in [0.1, 0.15) is 46.0 Å². The van der Waals surface area contributed by atoms with Crippen molar-refractivity contribution < 1.29 is 14.3 Å². The monoisotopic (exact) mass is 201 g/mol. The number of carbonyl (C=O) groups is 1. The summed E-state index contributed by atoms with van der Waals surface area (Å²) >= 11 is 0. The van der Waals surface area contributed by atoms with E-state index in [2.05, 4.69) is 0 Å². The Bertz CT molecular complexity index is 198. The van der Waals surface area contributed by atoms with Crippen LogP contribution in [0.5, 0.6) is 0 Å². The van der Waals surface area contributed by atoms with Crippen LogP contribution in [-0.4, -0.2) is 18.0 Å². The molecule has 1 unspecified atom stereocenters. The highest BCUT2D eigenvalue weighted by molar-refractivity contribution is 5.60. The molecule has 0 aromatic heterocycles. The minimum atomic E-state index is -0.649. The number of nitrogens with two attached hydrogens (primary N) is 1. The molecule has 1 aliphatic carbocycles. The Hall–Kier alpha value is -0.770. The van der Waals surface area contributed by atoms with E-state index in [1.165, 1.54) is 6.42 Å². The fourth-order valence-electron chi connectivity index (χ4n) is 1.78. The molecule has 1 atom stereocenters. The fraction of sp³-hybridized carbons (Fsp3) is 0.900. The van der Waals surface area contributed by atoms with Crippen molar-refractivity contribution in [1.29, 1.82) is 0 Å². The number of hydrogen-bond acceptors (Lipinski definition) is 4. The van der Waals surface area contributed by atoms with Crippen LogP contribution in [0.2, 0.25) is 0 Å². The molecule has 1 rings (SSSR count). The summed E-state index contributed by atoms with van der Waals surface area (Å²) in [5.41, 5.74) is 4.98. The molecule has 0 aromatic rings. The molecule has 82 valence electrons. The molecular formula is C10H19NO3. The van der Waals surface area contributed by atoms with E-state index in [1.54, 1.807) is 6.92 Å². The third kappa shape index (κ3) is 3.54. The molecule has 0 spiro atoms. The summed E-state index contributed by atoms with van der Waals surface area (Å²) < 4.78 is 9.98. The molecule has 1 saturated carbocycles. The second kappa shape index (κ2) is 4.64. The van der Waals surface area contributed by atoms with Gasteiger partial charge in [-0.2, -0.15) is 0 Å². The largest absolute Gasteiger partial charge is 0.510 e. The summed E-state index contributed by atoms with van der Waals surface area (Å²) in [6.45, 7) is 3.55. The molecule has 14 heavy (non-hydrogen) atoms. The van der Waals surface area contributed by atoms with Gasteiger partial charge in [0.2, 0.25) is 0 Å². The molecule has 0 heterocycles. The van der Waals surface area contributed by atoms with Gasteiger partial charge in [0.05, 0.1) is 0 Å². The van der Waals surface area contributed by atoms with Crippen molar-refractivity contribution in [1.82, 2.24) is 0 Å². The first-order valence-electron chi connectivity index (χ1n) is 5.17. The van der Waals surface area contributed by atoms with Crippen LogP contribution in [0, 0.1) is 0 Å². The van der Waals surface area contributed by atoms with Gasteiger partial charge in [-0.25, -0.2) is 4.79 Å². The first-order chi connectivity index (χ1) is 6.52. The normalized spacial score (nSPS) is 22.5. The lowest BCUT2D eigenvalue weighted by Crippen LogP contribution is -2.36. The molecule has 0 amide bonds. The average Bonchev–Trinajstić information content (AvgIpc) is 2.02. The van der Waals surface area contributed by atoms with Crippen LogP contribution in [0.25, 0.3) is 0 Å². The van der Waals surface area contributed by atoms with Crippen molar-refractivity contribution in [2.45, 2.75) is 57.8 Å². The van der Waals surface area contributed by atoms with Gasteiger partial charge >= 0.3 is 6.16 Å². The quantitative estimate of drug-likeness (QED) is 0.549. The Morgan fingerprint density at radius 1 is 1.36 bits per heavy atom. The van der Waals surface area contributed by atoms with Crippen LogP contribution < -0.4 is 5.73 Å². The van der Waals surface area contributed by atoms with Crippen LogP contribution >= 0.6 is 0 Å². The van der Waals surface area contributed by atoms with E-state index in [-0.39, 0.29) is 5.60 Å². The van der Waals surface area contributed by atoms with Gasteiger partial charge in [0, 0.05) is 0 Å². The maximum atomic E-state index is 11.2. The first kappa shape index (κ1) is 11.3. The van der Waals surface area contributed by atoms with Crippen molar-refractivity contribution in [2.24, 2.45) is 5.73 Å². The van der Waals surface area contributed by atoms with Crippen LogP contribution in [0.3, 0.4) is 0 Å². The summed E-state index contributed by atoms with van der Waals surface area (Å²) in [5, 5.41) is 0. The third-order valence-corrected chi connectivity index (χ3v) is 2.52. The molecule has 0 radical (unpaired) electrons. The standard InChI is InChI=1S/C10H19NO3/c1-8(11)13-9(12)14-10(2)6-4-3-5-7-10/h8H,3-7,11H2,1-2H3. The maximum absolute atomic E-state index is 11.2. The highest BCUT2D eigenvalue weighted by atomic mass is 16.7. The highest BCUT2D eigenvalue weighted by Gasteiger charge is 2.31. The summed E-state index contributed by atoms with van der Waals surface area (Å²) in [6, 6.07) is 0. The van der Waals surface area contributed by atoms with Gasteiger partial charge in [0.25, 0.3) is 0 Å². The van der Waals surface area contributed by atoms with Crippen molar-refractivity contribution >= 4 is 6.16 Å². The second-order valence-electron chi connectivity index (χ2n) is 4.19. The van der Waals surface area contributed by atoms with E-state index in [0.717, 1.165) is 25.7 Å². The summed E-state index contributed by atoms with van der Waals surface area (Å²) in [4.78, 5) is 11.2. The number of ether oxygens (including phenoxy) is 2. The molecule has 0 aromatic carbocycles. The van der Waals surface area contributed by atoms with Crippen molar-refractivity contribution in [3.05, 3.63) is 0 Å². The topological polar surface area (TPSA) is 61.5 Å². The van der Waals surface area contributed by atoms with Crippen LogP contribution in [0.15, 0.2) is 0 Å². The van der Waals surface area contributed by atoms with E-state index in [0.29, 0.717) is 0 Å². The molecule has 0 saturated heterocycles. The molecule has 1 fully saturated rings. The molecule has 2 N–H and O–H groups in total. The van der Waals surface area contributed by atoms with Gasteiger partial charge < -0.3 is 9.47 Å². The smallest absolute Gasteiger partial charge is 0.428 e. The minimum Gasteiger partial charge on any atom is -0.428 e. The number of carbonyl (C=O) groups excluding carboxylic acids is 1. The van der Waals surface area contributed by atoms with Crippen LogP contribution in [0.4, 0.5) is 4.79 Å². The number of hydrogen-bond donors (Lipinski definition) is 1.